The van der Waals surface area contributed by atoms with Gasteiger partial charge in [0.2, 0.25) is 5.91 Å². The minimum atomic E-state index is -0.0639. The largest absolute Gasteiger partial charge is 0.339 e. The van der Waals surface area contributed by atoms with Crippen molar-refractivity contribution in [3.63, 3.8) is 0 Å². The second kappa shape index (κ2) is 7.81. The number of aryl methyl sites for hydroxylation is 1. The molecular formula is C18H19ClN2O2S. The molecule has 1 aromatic carbocycles. The van der Waals surface area contributed by atoms with E-state index >= 15 is 0 Å². The molecule has 0 radical (unpaired) electrons. The summed E-state index contributed by atoms with van der Waals surface area (Å²) in [6.07, 6.45) is 1.30. The lowest BCUT2D eigenvalue weighted by molar-refractivity contribution is -0.132. The van der Waals surface area contributed by atoms with Crippen LogP contribution in [0.15, 0.2) is 41.1 Å². The van der Waals surface area contributed by atoms with Crippen molar-refractivity contribution in [2.45, 2.75) is 12.8 Å². The van der Waals surface area contributed by atoms with Crippen molar-refractivity contribution >= 4 is 34.8 Å². The summed E-state index contributed by atoms with van der Waals surface area (Å²) in [5.41, 5.74) is 1.73. The SMILES string of the molecule is O=C(CCc1ccsc1)N1CCN(C(=O)c2ccccc2Cl)CC1. The van der Waals surface area contributed by atoms with Crippen LogP contribution in [-0.4, -0.2) is 47.8 Å². The number of thiophene rings is 1. The summed E-state index contributed by atoms with van der Waals surface area (Å²) < 4.78 is 0. The number of benzene rings is 1. The van der Waals surface area contributed by atoms with Crippen LogP contribution in [0.1, 0.15) is 22.3 Å². The van der Waals surface area contributed by atoms with Crippen molar-refractivity contribution in [3.8, 4) is 0 Å². The van der Waals surface area contributed by atoms with Gasteiger partial charge in [-0.15, -0.1) is 0 Å². The minimum absolute atomic E-state index is 0.0639. The van der Waals surface area contributed by atoms with Gasteiger partial charge in [-0.3, -0.25) is 9.59 Å². The Kier molecular flexibility index (Phi) is 5.53. The number of hydrogen-bond donors (Lipinski definition) is 0. The molecule has 1 fully saturated rings. The van der Waals surface area contributed by atoms with Crippen LogP contribution in [-0.2, 0) is 11.2 Å². The molecule has 24 heavy (non-hydrogen) atoms. The third-order valence-corrected chi connectivity index (χ3v) is 5.29. The molecule has 0 aliphatic carbocycles. The lowest BCUT2D eigenvalue weighted by atomic mass is 10.1. The summed E-state index contributed by atoms with van der Waals surface area (Å²) in [5, 5.41) is 4.57. The molecule has 2 amide bonds. The number of nitrogens with zero attached hydrogens (tertiary/aromatic N) is 2. The van der Waals surface area contributed by atoms with Gasteiger partial charge in [-0.1, -0.05) is 23.7 Å². The van der Waals surface area contributed by atoms with E-state index in [9.17, 15) is 9.59 Å². The van der Waals surface area contributed by atoms with Gasteiger partial charge in [0.15, 0.2) is 0 Å². The van der Waals surface area contributed by atoms with Crippen LogP contribution >= 0.6 is 22.9 Å². The molecule has 1 saturated heterocycles. The highest BCUT2D eigenvalue weighted by atomic mass is 35.5. The quantitative estimate of drug-likeness (QED) is 0.837. The number of carbonyl (C=O) groups excluding carboxylic acids is 2. The zero-order valence-electron chi connectivity index (χ0n) is 13.3. The Morgan fingerprint density at radius 3 is 2.42 bits per heavy atom. The second-order valence-corrected chi connectivity index (χ2v) is 6.97. The predicted octanol–water partition coefficient (Wildman–Crippen LogP) is 3.32. The average molecular weight is 363 g/mol. The standard InChI is InChI=1S/C18H19ClN2O2S/c19-16-4-2-1-3-15(16)18(23)21-10-8-20(9-11-21)17(22)6-5-14-7-12-24-13-14/h1-4,7,12-13H,5-6,8-11H2. The summed E-state index contributed by atoms with van der Waals surface area (Å²) in [5.74, 6) is 0.0945. The summed E-state index contributed by atoms with van der Waals surface area (Å²) in [7, 11) is 0. The van der Waals surface area contributed by atoms with Crippen LogP contribution < -0.4 is 0 Å². The number of halogens is 1. The molecule has 0 saturated carbocycles. The van der Waals surface area contributed by atoms with Gasteiger partial charge in [0, 0.05) is 32.6 Å². The lowest BCUT2D eigenvalue weighted by Gasteiger charge is -2.35. The Bertz CT molecular complexity index is 710. The first-order chi connectivity index (χ1) is 11.6. The normalized spacial score (nSPS) is 14.7. The van der Waals surface area contributed by atoms with Gasteiger partial charge >= 0.3 is 0 Å². The van der Waals surface area contributed by atoms with E-state index in [1.807, 2.05) is 22.4 Å². The van der Waals surface area contributed by atoms with E-state index in [4.69, 9.17) is 11.6 Å². The highest BCUT2D eigenvalue weighted by Crippen LogP contribution is 2.18. The van der Waals surface area contributed by atoms with E-state index in [2.05, 4.69) is 11.4 Å². The van der Waals surface area contributed by atoms with Crippen molar-refractivity contribution < 1.29 is 9.59 Å². The summed E-state index contributed by atoms with van der Waals surface area (Å²) in [6, 6.07) is 9.13. The highest BCUT2D eigenvalue weighted by molar-refractivity contribution is 7.07. The molecule has 2 aromatic rings. The van der Waals surface area contributed by atoms with E-state index in [-0.39, 0.29) is 11.8 Å². The minimum Gasteiger partial charge on any atom is -0.339 e. The molecule has 0 N–H and O–H groups in total. The average Bonchev–Trinajstić information content (AvgIpc) is 3.13. The topological polar surface area (TPSA) is 40.6 Å². The van der Waals surface area contributed by atoms with E-state index in [0.717, 1.165) is 6.42 Å². The van der Waals surface area contributed by atoms with Crippen LogP contribution in [0.5, 0.6) is 0 Å². The van der Waals surface area contributed by atoms with Gasteiger partial charge in [-0.25, -0.2) is 0 Å². The maximum Gasteiger partial charge on any atom is 0.255 e. The summed E-state index contributed by atoms with van der Waals surface area (Å²) in [4.78, 5) is 28.4. The number of rotatable bonds is 4. The van der Waals surface area contributed by atoms with Gasteiger partial charge in [0.05, 0.1) is 10.6 Å². The molecule has 0 spiro atoms. The predicted molar refractivity (Wildman–Crippen MR) is 96.6 cm³/mol. The smallest absolute Gasteiger partial charge is 0.255 e. The molecule has 0 atom stereocenters. The van der Waals surface area contributed by atoms with Crippen LogP contribution in [0.4, 0.5) is 0 Å². The van der Waals surface area contributed by atoms with Gasteiger partial charge in [0.25, 0.3) is 5.91 Å². The monoisotopic (exact) mass is 362 g/mol. The van der Waals surface area contributed by atoms with Gasteiger partial charge < -0.3 is 9.80 Å². The van der Waals surface area contributed by atoms with Crippen molar-refractivity contribution in [3.05, 3.63) is 57.2 Å². The fraction of sp³-hybridized carbons (Fsp3) is 0.333. The Morgan fingerprint density at radius 2 is 1.75 bits per heavy atom. The second-order valence-electron chi connectivity index (χ2n) is 5.78. The first kappa shape index (κ1) is 17.0. The Morgan fingerprint density at radius 1 is 1.04 bits per heavy atom. The van der Waals surface area contributed by atoms with E-state index < -0.39 is 0 Å². The molecule has 6 heteroatoms. The first-order valence-electron chi connectivity index (χ1n) is 7.98. The van der Waals surface area contributed by atoms with Crippen LogP contribution in [0.25, 0.3) is 0 Å². The zero-order valence-corrected chi connectivity index (χ0v) is 14.9. The van der Waals surface area contributed by atoms with Crippen LogP contribution in [0, 0.1) is 0 Å². The molecule has 0 bridgehead atoms. The summed E-state index contributed by atoms with van der Waals surface area (Å²) >= 11 is 7.75. The molecule has 126 valence electrons. The van der Waals surface area contributed by atoms with Crippen molar-refractivity contribution in [2.75, 3.05) is 26.2 Å². The van der Waals surface area contributed by atoms with E-state index in [1.54, 1.807) is 28.4 Å². The lowest BCUT2D eigenvalue weighted by Crippen LogP contribution is -2.50. The number of piperazine rings is 1. The third kappa shape index (κ3) is 3.97. The molecule has 1 aromatic heterocycles. The molecule has 1 aliphatic heterocycles. The molecule has 3 rings (SSSR count). The number of amides is 2. The Labute approximate surface area is 150 Å². The molecule has 4 nitrogen and oxygen atoms in total. The maximum atomic E-state index is 12.5. The maximum absolute atomic E-state index is 12.5. The van der Waals surface area contributed by atoms with Gasteiger partial charge in [0.1, 0.15) is 0 Å². The molecule has 0 unspecified atom stereocenters. The van der Waals surface area contributed by atoms with Crippen molar-refractivity contribution in [1.29, 1.82) is 0 Å². The fourth-order valence-corrected chi connectivity index (χ4v) is 3.73. The summed E-state index contributed by atoms with van der Waals surface area (Å²) in [6.45, 7) is 2.26. The molecule has 2 heterocycles. The Hall–Kier alpha value is -1.85. The van der Waals surface area contributed by atoms with E-state index in [1.165, 1.54) is 5.56 Å². The first-order valence-corrected chi connectivity index (χ1v) is 9.30. The highest BCUT2D eigenvalue weighted by Gasteiger charge is 2.25. The van der Waals surface area contributed by atoms with Crippen LogP contribution in [0.2, 0.25) is 5.02 Å². The third-order valence-electron chi connectivity index (χ3n) is 4.23. The van der Waals surface area contributed by atoms with Crippen molar-refractivity contribution in [1.82, 2.24) is 9.80 Å². The Balaban J connectivity index is 1.51. The number of carbonyl (C=O) groups is 2. The zero-order chi connectivity index (χ0) is 16.9. The number of hydrogen-bond acceptors (Lipinski definition) is 3. The molecule has 1 aliphatic rings. The van der Waals surface area contributed by atoms with Crippen molar-refractivity contribution in [2.24, 2.45) is 0 Å². The van der Waals surface area contributed by atoms with Crippen LogP contribution in [0.3, 0.4) is 0 Å². The van der Waals surface area contributed by atoms with Gasteiger partial charge in [-0.05, 0) is 40.9 Å². The molecular weight excluding hydrogens is 344 g/mol. The fourth-order valence-electron chi connectivity index (χ4n) is 2.81. The van der Waals surface area contributed by atoms with E-state index in [0.29, 0.717) is 43.2 Å². The van der Waals surface area contributed by atoms with Gasteiger partial charge in [-0.2, -0.15) is 11.3 Å².